The van der Waals surface area contributed by atoms with Crippen molar-refractivity contribution < 1.29 is 9.53 Å². The first kappa shape index (κ1) is 21.1. The van der Waals surface area contributed by atoms with E-state index >= 15 is 0 Å². The van der Waals surface area contributed by atoms with E-state index in [1.165, 1.54) is 37.0 Å². The second-order valence-corrected chi connectivity index (χ2v) is 12.2. The van der Waals surface area contributed by atoms with E-state index < -0.39 is 0 Å². The molecule has 2 saturated carbocycles. The number of thiazole rings is 1. The molecule has 3 fully saturated rings. The molecule has 5 atom stereocenters. The molecule has 2 aliphatic heterocycles. The second-order valence-electron chi connectivity index (χ2n) is 9.59. The van der Waals surface area contributed by atoms with E-state index in [1.807, 2.05) is 34.9 Å². The van der Waals surface area contributed by atoms with Crippen LogP contribution in [0.3, 0.4) is 0 Å². The van der Waals surface area contributed by atoms with Crippen LogP contribution in [-0.2, 0) is 4.79 Å². The monoisotopic (exact) mass is 490 g/mol. The van der Waals surface area contributed by atoms with Crippen LogP contribution in [0.5, 0.6) is 5.75 Å². The second kappa shape index (κ2) is 8.41. The molecule has 1 N–H and O–H groups in total. The van der Waals surface area contributed by atoms with Crippen LogP contribution < -0.4 is 9.61 Å². The van der Waals surface area contributed by atoms with E-state index in [-0.39, 0.29) is 23.3 Å². The number of halogens is 1. The molecule has 0 radical (unpaired) electrons. The smallest absolute Gasteiger partial charge is 0.305 e. The molecule has 4 unspecified atom stereocenters. The molecule has 1 amide bonds. The molecule has 8 heteroatoms. The number of ether oxygens (including phenoxy) is 1. The van der Waals surface area contributed by atoms with Gasteiger partial charge in [0.25, 0.3) is 5.91 Å². The van der Waals surface area contributed by atoms with Gasteiger partial charge < -0.3 is 14.6 Å². The molecule has 1 aromatic heterocycles. The summed E-state index contributed by atoms with van der Waals surface area (Å²) in [4.78, 5) is 31.2. The van der Waals surface area contributed by atoms with Gasteiger partial charge in [0.2, 0.25) is 0 Å². The SMILES string of the molecule is O=C(COc1ccc(Cl)cc1[C@H]1c2sc(=O)[nH]c2SC2C3CCC(C3)C21)N1CCCCC1. The quantitative estimate of drug-likeness (QED) is 0.645. The fourth-order valence-electron chi connectivity index (χ4n) is 6.47. The van der Waals surface area contributed by atoms with Crippen LogP contribution in [0, 0.1) is 17.8 Å². The largest absolute Gasteiger partial charge is 0.483 e. The molecule has 6 rings (SSSR count). The molecule has 5 nitrogen and oxygen atoms in total. The average molecular weight is 491 g/mol. The van der Waals surface area contributed by atoms with E-state index in [4.69, 9.17) is 16.3 Å². The number of nitrogens with one attached hydrogen (secondary N) is 1. The van der Waals surface area contributed by atoms with Gasteiger partial charge in [-0.05, 0) is 74.5 Å². The first-order valence-electron chi connectivity index (χ1n) is 11.7. The molecule has 2 bridgehead atoms. The molecule has 0 spiro atoms. The third kappa shape index (κ3) is 3.61. The lowest BCUT2D eigenvalue weighted by molar-refractivity contribution is -0.134. The number of likely N-dealkylation sites (tertiary alicyclic amines) is 1. The number of rotatable bonds is 4. The number of carbonyl (C=O) groups is 1. The summed E-state index contributed by atoms with van der Waals surface area (Å²) in [5.74, 6) is 2.75. The Morgan fingerprint density at radius 3 is 2.84 bits per heavy atom. The lowest BCUT2D eigenvalue weighted by Gasteiger charge is -2.40. The number of thioether (sulfide) groups is 1. The Hall–Kier alpha value is -1.44. The number of benzene rings is 1. The minimum atomic E-state index is 0.00425. The topological polar surface area (TPSA) is 62.4 Å². The van der Waals surface area contributed by atoms with E-state index in [9.17, 15) is 9.59 Å². The number of H-pyrrole nitrogens is 1. The van der Waals surface area contributed by atoms with Gasteiger partial charge >= 0.3 is 4.87 Å². The Bertz CT molecular complexity index is 1090. The lowest BCUT2D eigenvalue weighted by Crippen LogP contribution is -2.38. The van der Waals surface area contributed by atoms with Crippen molar-refractivity contribution in [2.24, 2.45) is 17.8 Å². The maximum atomic E-state index is 12.7. The summed E-state index contributed by atoms with van der Waals surface area (Å²) < 4.78 is 6.17. The fraction of sp³-hybridized carbons (Fsp3) is 0.583. The summed E-state index contributed by atoms with van der Waals surface area (Å²) in [6.45, 7) is 1.69. The Balaban J connectivity index is 1.35. The summed E-state index contributed by atoms with van der Waals surface area (Å²) in [7, 11) is 0. The Labute approximate surface area is 200 Å². The number of carbonyl (C=O) groups excluding carboxylic acids is 1. The zero-order chi connectivity index (χ0) is 21.8. The molecule has 32 heavy (non-hydrogen) atoms. The zero-order valence-corrected chi connectivity index (χ0v) is 20.2. The van der Waals surface area contributed by atoms with Crippen LogP contribution in [0.4, 0.5) is 0 Å². The highest BCUT2D eigenvalue weighted by Gasteiger charge is 2.55. The molecule has 2 aliphatic carbocycles. The number of aromatic nitrogens is 1. The molecule has 1 aromatic carbocycles. The van der Waals surface area contributed by atoms with Gasteiger partial charge in [0.1, 0.15) is 5.75 Å². The van der Waals surface area contributed by atoms with Crippen LogP contribution >= 0.6 is 34.7 Å². The van der Waals surface area contributed by atoms with Crippen LogP contribution in [0.15, 0.2) is 28.0 Å². The predicted octanol–water partition coefficient (Wildman–Crippen LogP) is 5.13. The summed E-state index contributed by atoms with van der Waals surface area (Å²) in [5, 5.41) is 2.21. The van der Waals surface area contributed by atoms with Gasteiger partial charge in [0, 0.05) is 39.7 Å². The molecule has 3 heterocycles. The van der Waals surface area contributed by atoms with Crippen molar-refractivity contribution >= 4 is 40.6 Å². The van der Waals surface area contributed by atoms with Crippen LogP contribution in [-0.4, -0.2) is 40.7 Å². The number of hydrogen-bond donors (Lipinski definition) is 1. The minimum Gasteiger partial charge on any atom is -0.483 e. The van der Waals surface area contributed by atoms with E-state index in [2.05, 4.69) is 4.98 Å². The number of piperidine rings is 1. The predicted molar refractivity (Wildman–Crippen MR) is 128 cm³/mol. The third-order valence-electron chi connectivity index (χ3n) is 7.83. The summed E-state index contributed by atoms with van der Waals surface area (Å²) in [5.41, 5.74) is 1.03. The molecular formula is C24H27ClN2O3S2. The minimum absolute atomic E-state index is 0.00425. The van der Waals surface area contributed by atoms with Crippen LogP contribution in [0.25, 0.3) is 0 Å². The lowest BCUT2D eigenvalue weighted by atomic mass is 9.74. The Morgan fingerprint density at radius 1 is 1.19 bits per heavy atom. The summed E-state index contributed by atoms with van der Waals surface area (Å²) in [6.07, 6.45) is 7.16. The molecular weight excluding hydrogens is 464 g/mol. The number of hydrogen-bond acceptors (Lipinski definition) is 5. The highest BCUT2D eigenvalue weighted by atomic mass is 35.5. The molecule has 1 saturated heterocycles. The van der Waals surface area contributed by atoms with Crippen LogP contribution in [0.1, 0.15) is 54.9 Å². The third-order valence-corrected chi connectivity index (χ3v) is 10.7. The average Bonchev–Trinajstić information content (AvgIpc) is 3.51. The Kier molecular flexibility index (Phi) is 5.55. The molecule has 4 aliphatic rings. The normalized spacial score (nSPS) is 30.8. The first-order valence-corrected chi connectivity index (χ1v) is 13.8. The van der Waals surface area contributed by atoms with Crippen molar-refractivity contribution in [3.05, 3.63) is 43.3 Å². The van der Waals surface area contributed by atoms with Crippen molar-refractivity contribution in [3.63, 3.8) is 0 Å². The molecule has 170 valence electrons. The van der Waals surface area contributed by atoms with Crippen LogP contribution in [0.2, 0.25) is 5.02 Å². The number of amides is 1. The van der Waals surface area contributed by atoms with E-state index in [1.54, 1.807) is 0 Å². The van der Waals surface area contributed by atoms with Gasteiger partial charge in [0.15, 0.2) is 6.61 Å². The van der Waals surface area contributed by atoms with Gasteiger partial charge in [-0.15, -0.1) is 11.8 Å². The van der Waals surface area contributed by atoms with E-state index in [0.29, 0.717) is 22.1 Å². The van der Waals surface area contributed by atoms with Gasteiger partial charge in [-0.1, -0.05) is 22.9 Å². The first-order chi connectivity index (χ1) is 15.6. The maximum Gasteiger partial charge on any atom is 0.305 e. The number of nitrogens with zero attached hydrogens (tertiary/aromatic N) is 1. The summed E-state index contributed by atoms with van der Waals surface area (Å²) >= 11 is 9.68. The Morgan fingerprint density at radius 2 is 2.00 bits per heavy atom. The van der Waals surface area contributed by atoms with Crippen molar-refractivity contribution in [2.45, 2.75) is 54.7 Å². The highest BCUT2D eigenvalue weighted by Crippen LogP contribution is 2.64. The van der Waals surface area contributed by atoms with Crippen molar-refractivity contribution in [2.75, 3.05) is 19.7 Å². The molecule has 2 aromatic rings. The standard InChI is InChI=1S/C24H27ClN2O3S2/c25-15-6-7-17(30-12-18(28)27-8-2-1-3-9-27)16(11-15)20-19-13-4-5-14(10-13)21(19)31-23-22(20)32-24(29)26-23/h6-7,11,13-14,19-21H,1-5,8-10,12H2,(H,26,29)/t13?,14?,19?,20-,21?/m1/s1. The van der Waals surface area contributed by atoms with Crippen molar-refractivity contribution in [3.8, 4) is 5.75 Å². The van der Waals surface area contributed by atoms with E-state index in [0.717, 1.165) is 53.1 Å². The fourth-order valence-corrected chi connectivity index (χ4v) is 9.53. The summed E-state index contributed by atoms with van der Waals surface area (Å²) in [6, 6.07) is 5.74. The van der Waals surface area contributed by atoms with Gasteiger partial charge in [-0.3, -0.25) is 9.59 Å². The zero-order valence-electron chi connectivity index (χ0n) is 17.8. The van der Waals surface area contributed by atoms with Crippen molar-refractivity contribution in [1.82, 2.24) is 9.88 Å². The maximum absolute atomic E-state index is 12.7. The van der Waals surface area contributed by atoms with Gasteiger partial charge in [-0.25, -0.2) is 0 Å². The van der Waals surface area contributed by atoms with Gasteiger partial charge in [0.05, 0.1) is 5.03 Å². The highest BCUT2D eigenvalue weighted by molar-refractivity contribution is 8.00. The van der Waals surface area contributed by atoms with Gasteiger partial charge in [-0.2, -0.15) is 0 Å². The van der Waals surface area contributed by atoms with Crippen molar-refractivity contribution in [1.29, 1.82) is 0 Å². The number of fused-ring (bicyclic) bond motifs is 6. The number of aromatic amines is 1.